The lowest BCUT2D eigenvalue weighted by Crippen LogP contribution is -1.96. The molecule has 1 heterocycles. The van der Waals surface area contributed by atoms with E-state index >= 15 is 0 Å². The van der Waals surface area contributed by atoms with Crippen LogP contribution in [0.15, 0.2) is 12.0 Å². The van der Waals surface area contributed by atoms with Crippen LogP contribution in [0, 0.1) is 0 Å². The van der Waals surface area contributed by atoms with E-state index in [4.69, 9.17) is 11.2 Å². The molecule has 2 atom stereocenters. The molecule has 0 radical (unpaired) electrons. The number of hydrogen-bond donors (Lipinski definition) is 1. The monoisotopic (exact) mass is 133 g/mol. The van der Waals surface area contributed by atoms with Gasteiger partial charge in [0.2, 0.25) is 0 Å². The molecule has 0 aromatic heterocycles. The second-order valence-electron chi connectivity index (χ2n) is 1.45. The van der Waals surface area contributed by atoms with Gasteiger partial charge in [0.15, 0.2) is 5.44 Å². The molecule has 0 spiro atoms. The van der Waals surface area contributed by atoms with Crippen LogP contribution in [0.5, 0.6) is 0 Å². The minimum absolute atomic E-state index is 0.0225. The van der Waals surface area contributed by atoms with Gasteiger partial charge < -0.3 is 9.84 Å². The Morgan fingerprint density at radius 2 is 3.00 bits per heavy atom. The topological polar surface area (TPSA) is 29.5 Å². The number of aliphatic hydroxyl groups excluding tert-OH is 1. The highest BCUT2D eigenvalue weighted by Gasteiger charge is 2.15. The first-order chi connectivity index (χ1) is 4.25. The Labute approximate surface area is 53.9 Å². The van der Waals surface area contributed by atoms with Crippen molar-refractivity contribution in [1.29, 1.82) is 0 Å². The minimum atomic E-state index is -0.597. The van der Waals surface area contributed by atoms with Gasteiger partial charge in [0.05, 0.1) is 6.40 Å². The van der Waals surface area contributed by atoms with E-state index in [9.17, 15) is 0 Å². The smallest absolute Gasteiger partial charge is 0.150 e. The normalized spacial score (nSPS) is 38.1. The number of thioether (sulfide) groups is 1. The van der Waals surface area contributed by atoms with Crippen molar-refractivity contribution in [3.63, 3.8) is 0 Å². The lowest BCUT2D eigenvalue weighted by atomic mass is 10.4. The molecule has 1 N–H and O–H groups in total. The highest BCUT2D eigenvalue weighted by Crippen LogP contribution is 2.22. The van der Waals surface area contributed by atoms with Gasteiger partial charge in [-0.3, -0.25) is 0 Å². The van der Waals surface area contributed by atoms with Gasteiger partial charge in [-0.2, -0.15) is 0 Å². The average Bonchev–Trinajstić information content (AvgIpc) is 2.15. The minimum Gasteiger partial charge on any atom is -0.509 e. The fraction of sp³-hybridized carbons (Fsp3) is 0.600. The fourth-order valence-electron chi connectivity index (χ4n) is 0.478. The third-order valence-electron chi connectivity index (χ3n) is 0.862. The van der Waals surface area contributed by atoms with E-state index in [1.165, 1.54) is 18.0 Å². The second kappa shape index (κ2) is 2.31. The van der Waals surface area contributed by atoms with Crippen molar-refractivity contribution in [2.24, 2.45) is 0 Å². The maximum Gasteiger partial charge on any atom is 0.150 e. The molecule has 1 aliphatic rings. The zero-order valence-electron chi connectivity index (χ0n) is 5.50. The van der Waals surface area contributed by atoms with E-state index in [0.29, 0.717) is 0 Å². The molecule has 46 valence electrons. The van der Waals surface area contributed by atoms with Crippen LogP contribution in [0.25, 0.3) is 0 Å². The van der Waals surface area contributed by atoms with E-state index in [1.807, 2.05) is 6.26 Å². The molecule has 2 unspecified atom stereocenters. The first-order valence-corrected chi connectivity index (χ1v) is 3.54. The van der Waals surface area contributed by atoms with Gasteiger partial charge in [0.1, 0.15) is 12.0 Å². The molecule has 2 nitrogen and oxygen atoms in total. The molecule has 0 amide bonds. The Morgan fingerprint density at radius 3 is 3.25 bits per heavy atom. The van der Waals surface area contributed by atoms with Crippen LogP contribution in [0.1, 0.15) is 7.77 Å². The largest absolute Gasteiger partial charge is 0.509 e. The van der Waals surface area contributed by atoms with Crippen LogP contribution >= 0.6 is 11.8 Å². The van der Waals surface area contributed by atoms with Crippen molar-refractivity contribution >= 4 is 11.8 Å². The van der Waals surface area contributed by atoms with Crippen LogP contribution in [-0.2, 0) is 4.74 Å². The quantitative estimate of drug-likeness (QED) is 0.587. The van der Waals surface area contributed by atoms with Crippen LogP contribution < -0.4 is 0 Å². The van der Waals surface area contributed by atoms with Crippen LogP contribution in [0.3, 0.4) is 0 Å². The molecular formula is C5H8O2S. The van der Waals surface area contributed by atoms with Gasteiger partial charge in [-0.15, -0.1) is 11.8 Å². The average molecular weight is 133 g/mol. The molecule has 3 heteroatoms. The van der Waals surface area contributed by atoms with Crippen LogP contribution in [-0.4, -0.2) is 16.8 Å². The zero-order chi connectivity index (χ0) is 6.85. The molecule has 0 fully saturated rings. The number of aliphatic hydroxyl groups is 1. The van der Waals surface area contributed by atoms with Gasteiger partial charge >= 0.3 is 0 Å². The molecule has 0 saturated heterocycles. The van der Waals surface area contributed by atoms with Gasteiger partial charge in [-0.25, -0.2) is 0 Å². The van der Waals surface area contributed by atoms with Gasteiger partial charge in [0.25, 0.3) is 0 Å². The summed E-state index contributed by atoms with van der Waals surface area (Å²) in [5, 5.41) is 8.83. The molecular weight excluding hydrogens is 124 g/mol. The molecule has 1 aliphatic heterocycles. The maximum atomic E-state index is 8.83. The van der Waals surface area contributed by atoms with Crippen molar-refractivity contribution in [3.8, 4) is 0 Å². The van der Waals surface area contributed by atoms with Crippen molar-refractivity contribution in [2.75, 3.05) is 6.26 Å². The Kier molecular flexibility index (Phi) is 1.31. The summed E-state index contributed by atoms with van der Waals surface area (Å²) >= 11 is 1.42. The first kappa shape index (κ1) is 4.56. The lowest BCUT2D eigenvalue weighted by Gasteiger charge is -2.02. The molecule has 0 aliphatic carbocycles. The van der Waals surface area contributed by atoms with Crippen molar-refractivity contribution in [3.05, 3.63) is 12.0 Å². The van der Waals surface area contributed by atoms with Crippen molar-refractivity contribution in [2.45, 2.75) is 11.8 Å². The maximum absolute atomic E-state index is 8.83. The first-order valence-electron chi connectivity index (χ1n) is 2.83. The van der Waals surface area contributed by atoms with Crippen LogP contribution in [0.4, 0.5) is 0 Å². The molecule has 0 saturated carbocycles. The summed E-state index contributed by atoms with van der Waals surface area (Å²) in [5.74, 6) is 0.0225. The fourth-order valence-corrected chi connectivity index (χ4v) is 0.921. The number of hydrogen-bond acceptors (Lipinski definition) is 3. The van der Waals surface area contributed by atoms with Crippen LogP contribution in [0.2, 0.25) is 0 Å². The van der Waals surface area contributed by atoms with E-state index in [-0.39, 0.29) is 11.2 Å². The predicted octanol–water partition coefficient (Wildman–Crippen LogP) is 1.50. The summed E-state index contributed by atoms with van der Waals surface area (Å²) in [7, 11) is 0. The lowest BCUT2D eigenvalue weighted by molar-refractivity contribution is 0.250. The number of rotatable bonds is 1. The highest BCUT2D eigenvalue weighted by atomic mass is 32.2. The Morgan fingerprint density at radius 1 is 2.25 bits per heavy atom. The predicted molar refractivity (Wildman–Crippen MR) is 33.7 cm³/mol. The molecule has 0 aromatic rings. The summed E-state index contributed by atoms with van der Waals surface area (Å²) in [4.78, 5) is 0. The Balaban J connectivity index is 2.51. The van der Waals surface area contributed by atoms with Crippen molar-refractivity contribution in [1.82, 2.24) is 0 Å². The summed E-state index contributed by atoms with van der Waals surface area (Å²) in [5.41, 5.74) is -0.218. The number of ether oxygens (including phenoxy) is 1. The molecule has 0 bridgehead atoms. The third kappa shape index (κ3) is 1.10. The van der Waals surface area contributed by atoms with E-state index < -0.39 is 6.40 Å². The van der Waals surface area contributed by atoms with Gasteiger partial charge in [-0.1, -0.05) is 0 Å². The summed E-state index contributed by atoms with van der Waals surface area (Å²) in [6, 6.07) is 0. The third-order valence-corrected chi connectivity index (χ3v) is 1.57. The van der Waals surface area contributed by atoms with Gasteiger partial charge in [0, 0.05) is 1.37 Å². The van der Waals surface area contributed by atoms with Crippen molar-refractivity contribution < 1.29 is 11.2 Å². The Hall–Kier alpha value is -0.310. The van der Waals surface area contributed by atoms with E-state index in [0.717, 1.165) is 0 Å². The van der Waals surface area contributed by atoms with Gasteiger partial charge in [-0.05, 0) is 6.26 Å². The second-order valence-corrected chi connectivity index (χ2v) is 2.39. The summed E-state index contributed by atoms with van der Waals surface area (Å²) in [6.07, 6.45) is 2.48. The summed E-state index contributed by atoms with van der Waals surface area (Å²) in [6.45, 7) is 0. The molecule has 1 rings (SSSR count). The highest BCUT2D eigenvalue weighted by molar-refractivity contribution is 7.99. The standard InChI is InChI=1S/C5H8O2S/c1-8-5-2-4(6)3-7-5/h3,5-6H,2H2,1H3/i2D. The Bertz CT molecular complexity index is 137. The zero-order valence-corrected chi connectivity index (χ0v) is 5.31. The molecule has 8 heavy (non-hydrogen) atoms. The SMILES string of the molecule is [2H]C1C(O)=COC1SC. The van der Waals surface area contributed by atoms with E-state index in [2.05, 4.69) is 0 Å². The summed E-state index contributed by atoms with van der Waals surface area (Å²) < 4.78 is 12.1. The van der Waals surface area contributed by atoms with E-state index in [1.54, 1.807) is 0 Å². The molecule has 0 aromatic carbocycles.